The molecule has 1 aromatic heterocycles. The van der Waals surface area contributed by atoms with Crippen molar-refractivity contribution in [3.63, 3.8) is 0 Å². The van der Waals surface area contributed by atoms with Gasteiger partial charge in [0.2, 0.25) is 6.86 Å². The summed E-state index contributed by atoms with van der Waals surface area (Å²) >= 11 is 6.29. The van der Waals surface area contributed by atoms with Crippen LogP contribution in [0, 0.1) is 0 Å². The van der Waals surface area contributed by atoms with E-state index in [0.29, 0.717) is 40.9 Å². The van der Waals surface area contributed by atoms with Gasteiger partial charge in [0.1, 0.15) is 18.1 Å². The van der Waals surface area contributed by atoms with Gasteiger partial charge in [0.25, 0.3) is 5.91 Å². The van der Waals surface area contributed by atoms with E-state index in [1.807, 2.05) is 0 Å². The number of rotatable bonds is 8. The number of ether oxygens (including phenoxy) is 2. The van der Waals surface area contributed by atoms with Crippen LogP contribution in [0.4, 0.5) is 10.1 Å². The summed E-state index contributed by atoms with van der Waals surface area (Å²) < 4.78 is 24.8. The number of nitrogens with zero attached hydrogens (tertiary/aromatic N) is 2. The Kier molecular flexibility index (Phi) is 6.69. The first kappa shape index (κ1) is 20.6. The molecule has 0 saturated heterocycles. The highest BCUT2D eigenvalue weighted by Gasteiger charge is 2.18. The Morgan fingerprint density at radius 1 is 1.24 bits per heavy atom. The van der Waals surface area contributed by atoms with Crippen LogP contribution < -0.4 is 20.5 Å². The first-order chi connectivity index (χ1) is 14.0. The summed E-state index contributed by atoms with van der Waals surface area (Å²) in [4.78, 5) is 12.7. The van der Waals surface area contributed by atoms with Crippen molar-refractivity contribution in [2.45, 2.75) is 0 Å². The number of hydrogen-bond acceptors (Lipinski definition) is 5. The molecule has 1 amide bonds. The van der Waals surface area contributed by atoms with Crippen LogP contribution in [0.1, 0.15) is 10.4 Å². The minimum Gasteiger partial charge on any atom is -0.492 e. The molecule has 1 heterocycles. The molecule has 0 radical (unpaired) electrons. The molecular formula is C20H20ClFN4O3. The number of para-hydroxylation sites is 1. The quantitative estimate of drug-likeness (QED) is 0.582. The second-order valence-electron chi connectivity index (χ2n) is 6.02. The van der Waals surface area contributed by atoms with Crippen molar-refractivity contribution in [1.82, 2.24) is 9.78 Å². The third-order valence-corrected chi connectivity index (χ3v) is 4.38. The average Bonchev–Trinajstić information content (AvgIpc) is 3.05. The van der Waals surface area contributed by atoms with Gasteiger partial charge in [0, 0.05) is 24.8 Å². The Labute approximate surface area is 172 Å². The highest BCUT2D eigenvalue weighted by molar-refractivity contribution is 6.33. The third kappa shape index (κ3) is 4.67. The van der Waals surface area contributed by atoms with E-state index in [-0.39, 0.29) is 11.3 Å². The van der Waals surface area contributed by atoms with Crippen molar-refractivity contribution in [3.8, 4) is 22.8 Å². The Morgan fingerprint density at radius 2 is 2.03 bits per heavy atom. The molecule has 0 spiro atoms. The first-order valence-corrected chi connectivity index (χ1v) is 9.17. The molecule has 0 aliphatic carbocycles. The highest BCUT2D eigenvalue weighted by atomic mass is 35.5. The van der Waals surface area contributed by atoms with Crippen molar-refractivity contribution in [2.75, 3.05) is 25.3 Å². The molecule has 7 nitrogen and oxygen atoms in total. The summed E-state index contributed by atoms with van der Waals surface area (Å²) in [7, 11) is 1.75. The Bertz CT molecular complexity index is 990. The second kappa shape index (κ2) is 9.40. The van der Waals surface area contributed by atoms with Gasteiger partial charge in [0.15, 0.2) is 0 Å². The van der Waals surface area contributed by atoms with Gasteiger partial charge >= 0.3 is 0 Å². The van der Waals surface area contributed by atoms with Gasteiger partial charge in [-0.2, -0.15) is 5.10 Å². The number of benzene rings is 2. The fourth-order valence-corrected chi connectivity index (χ4v) is 3.11. The molecule has 0 aliphatic rings. The maximum absolute atomic E-state index is 12.7. The monoisotopic (exact) mass is 418 g/mol. The maximum Gasteiger partial charge on any atom is 0.259 e. The summed E-state index contributed by atoms with van der Waals surface area (Å²) in [6, 6.07) is 11.5. The maximum atomic E-state index is 12.7. The largest absolute Gasteiger partial charge is 0.492 e. The number of amides is 1. The number of aryl methyl sites for hydroxylation is 1. The van der Waals surface area contributed by atoms with Crippen molar-refractivity contribution in [2.24, 2.45) is 12.8 Å². The summed E-state index contributed by atoms with van der Waals surface area (Å²) in [5.74, 6) is 0.275. The molecule has 0 fully saturated rings. The molecule has 29 heavy (non-hydrogen) atoms. The lowest BCUT2D eigenvalue weighted by molar-refractivity contribution is 0.101. The molecule has 2 aromatic carbocycles. The van der Waals surface area contributed by atoms with Gasteiger partial charge in [-0.15, -0.1) is 0 Å². The van der Waals surface area contributed by atoms with Gasteiger partial charge < -0.3 is 20.5 Å². The molecule has 0 saturated carbocycles. The predicted molar refractivity (Wildman–Crippen MR) is 109 cm³/mol. The van der Waals surface area contributed by atoms with E-state index in [0.717, 1.165) is 0 Å². The van der Waals surface area contributed by atoms with Gasteiger partial charge in [-0.25, -0.2) is 4.39 Å². The number of alkyl halides is 1. The minimum absolute atomic E-state index is 0.158. The van der Waals surface area contributed by atoms with Crippen molar-refractivity contribution >= 4 is 23.2 Å². The van der Waals surface area contributed by atoms with Gasteiger partial charge in [0.05, 0.1) is 22.5 Å². The number of hydrogen-bond donors (Lipinski definition) is 2. The van der Waals surface area contributed by atoms with E-state index in [9.17, 15) is 9.18 Å². The fraction of sp³-hybridized carbons (Fsp3) is 0.200. The molecular weight excluding hydrogens is 399 g/mol. The zero-order valence-electron chi connectivity index (χ0n) is 15.7. The van der Waals surface area contributed by atoms with Crippen LogP contribution in [-0.2, 0) is 7.05 Å². The van der Waals surface area contributed by atoms with Crippen LogP contribution in [0.5, 0.6) is 11.5 Å². The number of nitrogens with two attached hydrogens (primary N) is 1. The van der Waals surface area contributed by atoms with Gasteiger partial charge in [-0.3, -0.25) is 9.48 Å². The predicted octanol–water partition coefficient (Wildman–Crippen LogP) is 3.64. The molecule has 0 atom stereocenters. The molecule has 3 aromatic rings. The smallest absolute Gasteiger partial charge is 0.259 e. The lowest BCUT2D eigenvalue weighted by atomic mass is 10.1. The number of anilines is 1. The number of carbonyl (C=O) groups excluding carboxylic acids is 1. The van der Waals surface area contributed by atoms with E-state index in [1.165, 1.54) is 12.3 Å². The van der Waals surface area contributed by atoms with Crippen LogP contribution in [-0.4, -0.2) is 35.7 Å². The van der Waals surface area contributed by atoms with Crippen molar-refractivity contribution in [1.29, 1.82) is 0 Å². The van der Waals surface area contributed by atoms with E-state index in [1.54, 1.807) is 48.1 Å². The number of halogens is 2. The number of carbonyl (C=O) groups is 1. The van der Waals surface area contributed by atoms with Gasteiger partial charge in [-0.05, 0) is 30.3 Å². The normalized spacial score (nSPS) is 10.6. The first-order valence-electron chi connectivity index (χ1n) is 8.79. The summed E-state index contributed by atoms with van der Waals surface area (Å²) in [6.07, 6.45) is 1.53. The Hall–Kier alpha value is -3.10. The van der Waals surface area contributed by atoms with Crippen LogP contribution >= 0.6 is 11.6 Å². The van der Waals surface area contributed by atoms with Gasteiger partial charge in [-0.1, -0.05) is 23.7 Å². The Morgan fingerprint density at radius 3 is 2.72 bits per heavy atom. The average molecular weight is 419 g/mol. The molecule has 152 valence electrons. The molecule has 0 aliphatic heterocycles. The Balaban J connectivity index is 1.95. The molecule has 9 heteroatoms. The third-order valence-electron chi connectivity index (χ3n) is 4.10. The molecule has 3 rings (SSSR count). The molecule has 0 bridgehead atoms. The van der Waals surface area contributed by atoms with Crippen LogP contribution in [0.15, 0.2) is 48.7 Å². The summed E-state index contributed by atoms with van der Waals surface area (Å²) in [5, 5.41) is 7.38. The fourth-order valence-electron chi connectivity index (χ4n) is 2.84. The highest BCUT2D eigenvalue weighted by Crippen LogP contribution is 2.36. The van der Waals surface area contributed by atoms with E-state index in [4.69, 9.17) is 26.8 Å². The summed E-state index contributed by atoms with van der Waals surface area (Å²) in [6.45, 7) is -0.356. The lowest BCUT2D eigenvalue weighted by Crippen LogP contribution is -2.14. The zero-order chi connectivity index (χ0) is 20.8. The lowest BCUT2D eigenvalue weighted by Gasteiger charge is -2.15. The second-order valence-corrected chi connectivity index (χ2v) is 6.42. The topological polar surface area (TPSA) is 91.4 Å². The van der Waals surface area contributed by atoms with Crippen LogP contribution in [0.2, 0.25) is 5.02 Å². The van der Waals surface area contributed by atoms with E-state index >= 15 is 0 Å². The van der Waals surface area contributed by atoms with Crippen LogP contribution in [0.25, 0.3) is 11.3 Å². The molecule has 3 N–H and O–H groups in total. The zero-order valence-corrected chi connectivity index (χ0v) is 16.4. The number of nitrogens with one attached hydrogen (secondary N) is 1. The van der Waals surface area contributed by atoms with E-state index in [2.05, 4.69) is 10.4 Å². The SMILES string of the molecule is Cn1ncc(Cl)c1-c1cc(NC(=O)c2ccccc2OCF)ccc1OCCN. The van der Waals surface area contributed by atoms with E-state index < -0.39 is 12.8 Å². The van der Waals surface area contributed by atoms with Crippen LogP contribution in [0.3, 0.4) is 0 Å². The standard InChI is InChI=1S/C20H20ClFN4O3/c1-26-19(16(21)11-24-26)15-10-13(6-7-18(15)28-9-8-23)25-20(27)14-4-2-3-5-17(14)29-12-22/h2-7,10-11H,8-9,12,23H2,1H3,(H,25,27). The molecule has 0 unspecified atom stereocenters. The van der Waals surface area contributed by atoms with Crippen molar-refractivity contribution in [3.05, 3.63) is 59.2 Å². The number of aromatic nitrogens is 2. The minimum atomic E-state index is -1.03. The van der Waals surface area contributed by atoms with Crippen molar-refractivity contribution < 1.29 is 18.7 Å². The summed E-state index contributed by atoms with van der Waals surface area (Å²) in [5.41, 5.74) is 7.54.